The number of hydrazone groups is 1. The smallest absolute Gasteiger partial charge is 0.228 e. The predicted molar refractivity (Wildman–Crippen MR) is 112 cm³/mol. The molecule has 2 aliphatic heterocycles. The Bertz CT molecular complexity index is 817. The molecule has 0 spiro atoms. The SMILES string of the molecule is CCCOCCN=C(NC#N)N1CC(N2CCCC2=O)C(c2ccc(Cl)cc2)=N1. The molecule has 0 bridgehead atoms. The maximum Gasteiger partial charge on any atom is 0.228 e. The summed E-state index contributed by atoms with van der Waals surface area (Å²) in [7, 11) is 0. The molecule has 8 nitrogen and oxygen atoms in total. The number of aliphatic imine (C=N–C) groups is 1. The number of guanidine groups is 1. The van der Waals surface area contributed by atoms with Crippen LogP contribution >= 0.6 is 11.6 Å². The molecule has 3 rings (SSSR count). The van der Waals surface area contributed by atoms with Crippen molar-refractivity contribution in [2.24, 2.45) is 10.1 Å². The molecule has 1 aromatic rings. The number of hydrogen-bond donors (Lipinski definition) is 1. The minimum absolute atomic E-state index is 0.123. The van der Waals surface area contributed by atoms with Crippen molar-refractivity contribution in [1.29, 1.82) is 5.26 Å². The third kappa shape index (κ3) is 5.25. The fourth-order valence-electron chi connectivity index (χ4n) is 3.44. The maximum absolute atomic E-state index is 12.4. The van der Waals surface area contributed by atoms with Crippen LogP contribution in [0.2, 0.25) is 5.02 Å². The van der Waals surface area contributed by atoms with E-state index in [2.05, 4.69) is 10.3 Å². The molecule has 0 saturated carbocycles. The van der Waals surface area contributed by atoms with E-state index < -0.39 is 0 Å². The second kappa shape index (κ2) is 10.2. The molecular formula is C20H25ClN6O2. The highest BCUT2D eigenvalue weighted by Gasteiger charge is 2.38. The standard InChI is InChI=1S/C20H25ClN6O2/c1-2-11-29-12-9-23-20(24-14-22)27-13-17(26-10-3-4-18(26)28)19(25-27)15-5-7-16(21)8-6-15/h5-8,17H,2-4,9-13H2,1H3,(H,23,24). The number of rotatable bonds is 7. The van der Waals surface area contributed by atoms with Crippen LogP contribution in [0.1, 0.15) is 31.7 Å². The van der Waals surface area contributed by atoms with Crippen molar-refractivity contribution < 1.29 is 9.53 Å². The summed E-state index contributed by atoms with van der Waals surface area (Å²) < 4.78 is 5.45. The van der Waals surface area contributed by atoms with Gasteiger partial charge in [0.05, 0.1) is 31.4 Å². The van der Waals surface area contributed by atoms with Gasteiger partial charge in [0.2, 0.25) is 11.9 Å². The van der Waals surface area contributed by atoms with E-state index in [0.717, 1.165) is 24.1 Å². The summed E-state index contributed by atoms with van der Waals surface area (Å²) in [6, 6.07) is 7.20. The molecule has 9 heteroatoms. The molecule has 1 amide bonds. The Labute approximate surface area is 175 Å². The van der Waals surface area contributed by atoms with Crippen molar-refractivity contribution in [2.45, 2.75) is 32.2 Å². The number of nitrogens with zero attached hydrogens (tertiary/aromatic N) is 5. The van der Waals surface area contributed by atoms with Crippen LogP contribution in [0, 0.1) is 11.5 Å². The number of halogens is 1. The monoisotopic (exact) mass is 416 g/mol. The Hall–Kier alpha value is -2.63. The van der Waals surface area contributed by atoms with Gasteiger partial charge in [-0.15, -0.1) is 0 Å². The largest absolute Gasteiger partial charge is 0.380 e. The zero-order valence-electron chi connectivity index (χ0n) is 16.5. The molecule has 1 fully saturated rings. The van der Waals surface area contributed by atoms with Gasteiger partial charge in [-0.1, -0.05) is 30.7 Å². The quantitative estimate of drug-likeness (QED) is 0.242. The Morgan fingerprint density at radius 1 is 1.41 bits per heavy atom. The van der Waals surface area contributed by atoms with Gasteiger partial charge in [-0.05, 0) is 25.0 Å². The summed E-state index contributed by atoms with van der Waals surface area (Å²) in [4.78, 5) is 18.7. The number of benzene rings is 1. The van der Waals surface area contributed by atoms with Gasteiger partial charge in [0.25, 0.3) is 0 Å². The lowest BCUT2D eigenvalue weighted by Crippen LogP contribution is -2.45. The number of ether oxygens (including phenoxy) is 1. The maximum atomic E-state index is 12.4. The second-order valence-corrected chi connectivity index (χ2v) is 7.27. The van der Waals surface area contributed by atoms with Crippen molar-refractivity contribution in [2.75, 3.05) is 32.8 Å². The number of hydrogen-bond acceptors (Lipinski definition) is 5. The third-order valence-electron chi connectivity index (χ3n) is 4.77. The van der Waals surface area contributed by atoms with E-state index in [9.17, 15) is 4.79 Å². The molecule has 1 saturated heterocycles. The van der Waals surface area contributed by atoms with E-state index in [4.69, 9.17) is 26.7 Å². The van der Waals surface area contributed by atoms with E-state index in [1.54, 1.807) is 17.1 Å². The number of nitriles is 1. The average Bonchev–Trinajstić information content (AvgIpc) is 3.33. The number of nitrogens with one attached hydrogen (secondary N) is 1. The summed E-state index contributed by atoms with van der Waals surface area (Å²) in [6.07, 6.45) is 4.26. The zero-order chi connectivity index (χ0) is 20.6. The first kappa shape index (κ1) is 21.1. The van der Waals surface area contributed by atoms with E-state index in [1.165, 1.54) is 0 Å². The van der Waals surface area contributed by atoms with E-state index in [0.29, 0.717) is 50.3 Å². The van der Waals surface area contributed by atoms with Gasteiger partial charge < -0.3 is 9.64 Å². The van der Waals surface area contributed by atoms with Gasteiger partial charge in [-0.25, -0.2) is 10.0 Å². The molecule has 1 N–H and O–H groups in total. The highest BCUT2D eigenvalue weighted by atomic mass is 35.5. The molecule has 154 valence electrons. The molecule has 0 aromatic heterocycles. The van der Waals surface area contributed by atoms with Gasteiger partial charge in [0.15, 0.2) is 6.19 Å². The molecule has 0 radical (unpaired) electrons. The topological polar surface area (TPSA) is 93.3 Å². The van der Waals surface area contributed by atoms with Gasteiger partial charge in [-0.3, -0.25) is 10.1 Å². The molecule has 1 atom stereocenters. The zero-order valence-corrected chi connectivity index (χ0v) is 17.2. The lowest BCUT2D eigenvalue weighted by atomic mass is 10.0. The molecule has 0 aliphatic carbocycles. The summed E-state index contributed by atoms with van der Waals surface area (Å²) >= 11 is 6.03. The van der Waals surface area contributed by atoms with Gasteiger partial charge in [0.1, 0.15) is 0 Å². The van der Waals surface area contributed by atoms with E-state index in [-0.39, 0.29) is 11.9 Å². The van der Waals surface area contributed by atoms with Crippen LogP contribution in [0.15, 0.2) is 34.4 Å². The first-order valence-electron chi connectivity index (χ1n) is 9.82. The predicted octanol–water partition coefficient (Wildman–Crippen LogP) is 2.20. The molecule has 2 aliphatic rings. The van der Waals surface area contributed by atoms with Crippen molar-refractivity contribution >= 4 is 29.2 Å². The minimum Gasteiger partial charge on any atom is -0.380 e. The highest BCUT2D eigenvalue weighted by molar-refractivity contribution is 6.30. The first-order chi connectivity index (χ1) is 14.1. The Balaban J connectivity index is 1.84. The van der Waals surface area contributed by atoms with Crippen LogP contribution < -0.4 is 5.32 Å². The lowest BCUT2D eigenvalue weighted by Gasteiger charge is -2.25. The fourth-order valence-corrected chi connectivity index (χ4v) is 3.56. The van der Waals surface area contributed by atoms with E-state index in [1.807, 2.05) is 30.1 Å². The minimum atomic E-state index is -0.201. The van der Waals surface area contributed by atoms with Crippen LogP contribution in [-0.4, -0.2) is 66.4 Å². The summed E-state index contributed by atoms with van der Waals surface area (Å²) in [6.45, 7) is 4.75. The van der Waals surface area contributed by atoms with Crippen LogP contribution in [0.25, 0.3) is 0 Å². The number of amides is 1. The molecule has 1 unspecified atom stereocenters. The molecule has 2 heterocycles. The van der Waals surface area contributed by atoms with Gasteiger partial charge in [0, 0.05) is 30.2 Å². The fraction of sp³-hybridized carbons (Fsp3) is 0.500. The molecule has 29 heavy (non-hydrogen) atoms. The normalized spacial score (nSPS) is 19.5. The van der Waals surface area contributed by atoms with E-state index >= 15 is 0 Å². The van der Waals surface area contributed by atoms with Gasteiger partial charge in [-0.2, -0.15) is 10.4 Å². The molecular weight excluding hydrogens is 392 g/mol. The number of carbonyl (C=O) groups excluding carboxylic acids is 1. The lowest BCUT2D eigenvalue weighted by molar-refractivity contribution is -0.128. The van der Waals surface area contributed by atoms with Crippen molar-refractivity contribution in [3.8, 4) is 6.19 Å². The third-order valence-corrected chi connectivity index (χ3v) is 5.03. The average molecular weight is 417 g/mol. The summed E-state index contributed by atoms with van der Waals surface area (Å²) in [5.41, 5.74) is 1.66. The van der Waals surface area contributed by atoms with Crippen molar-refractivity contribution in [3.63, 3.8) is 0 Å². The number of likely N-dealkylation sites (tertiary alicyclic amines) is 1. The van der Waals surface area contributed by atoms with Crippen LogP contribution in [0.4, 0.5) is 0 Å². The number of carbonyl (C=O) groups is 1. The van der Waals surface area contributed by atoms with Gasteiger partial charge >= 0.3 is 0 Å². The van der Waals surface area contributed by atoms with Crippen molar-refractivity contribution in [3.05, 3.63) is 34.9 Å². The van der Waals surface area contributed by atoms with Crippen LogP contribution in [-0.2, 0) is 9.53 Å². The Morgan fingerprint density at radius 2 is 2.21 bits per heavy atom. The molecule has 1 aromatic carbocycles. The first-order valence-corrected chi connectivity index (χ1v) is 10.2. The van der Waals surface area contributed by atoms with Crippen LogP contribution in [0.5, 0.6) is 0 Å². The Kier molecular flexibility index (Phi) is 7.44. The van der Waals surface area contributed by atoms with Crippen LogP contribution in [0.3, 0.4) is 0 Å². The Morgan fingerprint density at radius 3 is 2.86 bits per heavy atom. The van der Waals surface area contributed by atoms with Crippen molar-refractivity contribution in [1.82, 2.24) is 15.2 Å². The second-order valence-electron chi connectivity index (χ2n) is 6.84. The summed E-state index contributed by atoms with van der Waals surface area (Å²) in [5, 5.41) is 18.8. The highest BCUT2D eigenvalue weighted by Crippen LogP contribution is 2.24. The summed E-state index contributed by atoms with van der Waals surface area (Å²) in [5.74, 6) is 0.478.